The number of aromatic amines is 2. The minimum Gasteiger partial charge on any atom is -0.375 e. The number of aromatic nitrogens is 2. The highest BCUT2D eigenvalue weighted by molar-refractivity contribution is 5.75. The van der Waals surface area contributed by atoms with E-state index in [0.717, 1.165) is 16.6 Å². The molecule has 2 aromatic carbocycles. The quantitative estimate of drug-likeness (QED) is 0.509. The van der Waals surface area contributed by atoms with E-state index in [-0.39, 0.29) is 11.4 Å². The van der Waals surface area contributed by atoms with Crippen LogP contribution in [0.4, 0.5) is 11.4 Å². The lowest BCUT2D eigenvalue weighted by molar-refractivity contribution is -0.384. The van der Waals surface area contributed by atoms with Crippen LogP contribution in [0.15, 0.2) is 41.2 Å². The minimum absolute atomic E-state index is 0.0520. The standard InChI is InChI=1S/C15H14N4O3/c1-9-2-4-12(14(6-9)19(21)22)16-8-10-3-5-11-13(7-10)18-15(20)17-11/h2-7,16H,8H2,1H3,(H2,17,18,20). The summed E-state index contributed by atoms with van der Waals surface area (Å²) in [5, 5.41) is 14.2. The Kier molecular flexibility index (Phi) is 3.38. The zero-order chi connectivity index (χ0) is 15.7. The molecule has 0 unspecified atom stereocenters. The van der Waals surface area contributed by atoms with Gasteiger partial charge in [-0.05, 0) is 36.2 Å². The first-order valence-corrected chi connectivity index (χ1v) is 6.73. The maximum Gasteiger partial charge on any atom is 0.323 e. The van der Waals surface area contributed by atoms with Gasteiger partial charge in [-0.25, -0.2) is 4.79 Å². The Hall–Kier alpha value is -3.09. The number of nitro groups is 1. The topological polar surface area (TPSA) is 104 Å². The van der Waals surface area contributed by atoms with Gasteiger partial charge in [0.1, 0.15) is 5.69 Å². The number of fused-ring (bicyclic) bond motifs is 1. The molecule has 0 saturated carbocycles. The van der Waals surface area contributed by atoms with Gasteiger partial charge in [0, 0.05) is 12.6 Å². The van der Waals surface area contributed by atoms with Crippen LogP contribution in [0, 0.1) is 17.0 Å². The number of rotatable bonds is 4. The van der Waals surface area contributed by atoms with Crippen molar-refractivity contribution in [1.29, 1.82) is 0 Å². The van der Waals surface area contributed by atoms with Crippen LogP contribution in [0.25, 0.3) is 11.0 Å². The lowest BCUT2D eigenvalue weighted by Crippen LogP contribution is -2.03. The number of anilines is 1. The van der Waals surface area contributed by atoms with Gasteiger partial charge in [0.15, 0.2) is 0 Å². The van der Waals surface area contributed by atoms with E-state index in [2.05, 4.69) is 15.3 Å². The Morgan fingerprint density at radius 2 is 1.91 bits per heavy atom. The van der Waals surface area contributed by atoms with Crippen LogP contribution in [0.2, 0.25) is 0 Å². The third-order valence-electron chi connectivity index (χ3n) is 3.41. The number of nitro benzene ring substituents is 1. The van der Waals surface area contributed by atoms with E-state index in [0.29, 0.717) is 17.7 Å². The Balaban J connectivity index is 1.84. The van der Waals surface area contributed by atoms with Crippen LogP contribution in [-0.4, -0.2) is 14.9 Å². The first kappa shape index (κ1) is 13.9. The summed E-state index contributed by atoms with van der Waals surface area (Å²) >= 11 is 0. The molecule has 3 aromatic rings. The van der Waals surface area contributed by atoms with Gasteiger partial charge in [-0.1, -0.05) is 12.1 Å². The summed E-state index contributed by atoms with van der Waals surface area (Å²) in [5.41, 5.74) is 3.46. The van der Waals surface area contributed by atoms with Gasteiger partial charge in [0.25, 0.3) is 5.69 Å². The van der Waals surface area contributed by atoms with Crippen molar-refractivity contribution < 1.29 is 4.92 Å². The largest absolute Gasteiger partial charge is 0.375 e. The van der Waals surface area contributed by atoms with E-state index in [1.807, 2.05) is 25.1 Å². The van der Waals surface area contributed by atoms with Crippen molar-refractivity contribution in [2.75, 3.05) is 5.32 Å². The van der Waals surface area contributed by atoms with Crippen LogP contribution < -0.4 is 11.0 Å². The highest BCUT2D eigenvalue weighted by Crippen LogP contribution is 2.26. The fourth-order valence-electron chi connectivity index (χ4n) is 2.33. The van der Waals surface area contributed by atoms with Crippen molar-refractivity contribution in [3.05, 3.63) is 68.1 Å². The Morgan fingerprint density at radius 3 is 2.68 bits per heavy atom. The number of nitrogens with zero attached hydrogens (tertiary/aromatic N) is 1. The Bertz CT molecular complexity index is 911. The Labute approximate surface area is 125 Å². The molecule has 0 atom stereocenters. The lowest BCUT2D eigenvalue weighted by atomic mass is 10.1. The molecule has 1 heterocycles. The maximum atomic E-state index is 11.2. The molecule has 0 amide bonds. The molecule has 7 nitrogen and oxygen atoms in total. The molecule has 0 saturated heterocycles. The van der Waals surface area contributed by atoms with E-state index in [9.17, 15) is 14.9 Å². The van der Waals surface area contributed by atoms with E-state index in [1.165, 1.54) is 6.07 Å². The average Bonchev–Trinajstić information content (AvgIpc) is 2.85. The summed E-state index contributed by atoms with van der Waals surface area (Å²) < 4.78 is 0. The van der Waals surface area contributed by atoms with Gasteiger partial charge in [-0.15, -0.1) is 0 Å². The molecule has 3 rings (SSSR count). The van der Waals surface area contributed by atoms with Crippen LogP contribution in [-0.2, 0) is 6.54 Å². The third-order valence-corrected chi connectivity index (χ3v) is 3.41. The molecule has 0 aliphatic heterocycles. The monoisotopic (exact) mass is 298 g/mol. The number of aryl methyl sites for hydroxylation is 1. The number of imidazole rings is 1. The van der Waals surface area contributed by atoms with Crippen molar-refractivity contribution in [3.8, 4) is 0 Å². The molecular weight excluding hydrogens is 284 g/mol. The van der Waals surface area contributed by atoms with Gasteiger partial charge in [-0.2, -0.15) is 0 Å². The molecule has 0 aliphatic rings. The van der Waals surface area contributed by atoms with Crippen LogP contribution >= 0.6 is 0 Å². The summed E-state index contributed by atoms with van der Waals surface area (Å²) in [7, 11) is 0. The van der Waals surface area contributed by atoms with Gasteiger partial charge < -0.3 is 15.3 Å². The highest BCUT2D eigenvalue weighted by atomic mass is 16.6. The number of benzene rings is 2. The minimum atomic E-state index is -0.401. The first-order valence-electron chi connectivity index (χ1n) is 6.73. The molecule has 7 heteroatoms. The van der Waals surface area contributed by atoms with Gasteiger partial charge in [-0.3, -0.25) is 10.1 Å². The summed E-state index contributed by atoms with van der Waals surface area (Å²) in [6, 6.07) is 10.6. The molecule has 3 N–H and O–H groups in total. The number of hydrogen-bond acceptors (Lipinski definition) is 4. The lowest BCUT2D eigenvalue weighted by Gasteiger charge is -2.08. The number of hydrogen-bond donors (Lipinski definition) is 3. The molecule has 0 radical (unpaired) electrons. The smallest absolute Gasteiger partial charge is 0.323 e. The van der Waals surface area contributed by atoms with E-state index < -0.39 is 4.92 Å². The molecule has 0 fully saturated rings. The number of H-pyrrole nitrogens is 2. The summed E-state index contributed by atoms with van der Waals surface area (Å²) in [6.45, 7) is 2.24. The van der Waals surface area contributed by atoms with Crippen molar-refractivity contribution in [1.82, 2.24) is 9.97 Å². The van der Waals surface area contributed by atoms with Crippen LogP contribution in [0.1, 0.15) is 11.1 Å². The Morgan fingerprint density at radius 1 is 1.14 bits per heavy atom. The van der Waals surface area contributed by atoms with E-state index in [1.54, 1.807) is 12.1 Å². The van der Waals surface area contributed by atoms with Crippen molar-refractivity contribution in [3.63, 3.8) is 0 Å². The zero-order valence-electron chi connectivity index (χ0n) is 11.8. The van der Waals surface area contributed by atoms with E-state index >= 15 is 0 Å². The highest BCUT2D eigenvalue weighted by Gasteiger charge is 2.13. The molecular formula is C15H14N4O3. The predicted octanol–water partition coefficient (Wildman–Crippen LogP) is 2.68. The van der Waals surface area contributed by atoms with Crippen LogP contribution in [0.3, 0.4) is 0 Å². The summed E-state index contributed by atoms with van der Waals surface area (Å²) in [4.78, 5) is 27.3. The number of nitrogens with one attached hydrogen (secondary N) is 3. The average molecular weight is 298 g/mol. The maximum absolute atomic E-state index is 11.2. The van der Waals surface area contributed by atoms with Crippen LogP contribution in [0.5, 0.6) is 0 Å². The first-order chi connectivity index (χ1) is 10.5. The molecule has 0 aliphatic carbocycles. The molecule has 1 aromatic heterocycles. The zero-order valence-corrected chi connectivity index (χ0v) is 11.8. The fraction of sp³-hybridized carbons (Fsp3) is 0.133. The second kappa shape index (κ2) is 5.36. The van der Waals surface area contributed by atoms with Crippen molar-refractivity contribution >= 4 is 22.4 Å². The van der Waals surface area contributed by atoms with Gasteiger partial charge >= 0.3 is 5.69 Å². The third kappa shape index (κ3) is 2.69. The van der Waals surface area contributed by atoms with Gasteiger partial charge in [0.05, 0.1) is 16.0 Å². The van der Waals surface area contributed by atoms with Crippen molar-refractivity contribution in [2.45, 2.75) is 13.5 Å². The predicted molar refractivity (Wildman–Crippen MR) is 84.1 cm³/mol. The molecule has 22 heavy (non-hydrogen) atoms. The van der Waals surface area contributed by atoms with E-state index in [4.69, 9.17) is 0 Å². The molecule has 0 bridgehead atoms. The fourth-order valence-corrected chi connectivity index (χ4v) is 2.33. The second-order valence-electron chi connectivity index (χ2n) is 5.09. The normalized spacial score (nSPS) is 10.8. The van der Waals surface area contributed by atoms with Gasteiger partial charge in [0.2, 0.25) is 0 Å². The molecule has 112 valence electrons. The second-order valence-corrected chi connectivity index (χ2v) is 5.09. The van der Waals surface area contributed by atoms with Crippen molar-refractivity contribution in [2.24, 2.45) is 0 Å². The summed E-state index contributed by atoms with van der Waals surface area (Å²) in [6.07, 6.45) is 0. The SMILES string of the molecule is Cc1ccc(NCc2ccc3[nH]c(=O)[nH]c3c2)c([N+](=O)[O-])c1. The summed E-state index contributed by atoms with van der Waals surface area (Å²) in [5.74, 6) is 0. The molecule has 0 spiro atoms.